The molecule has 2 fully saturated rings. The predicted octanol–water partition coefficient (Wildman–Crippen LogP) is 0.902. The first-order valence-electron chi connectivity index (χ1n) is 5.10. The van der Waals surface area contributed by atoms with E-state index < -0.39 is 18.3 Å². The topological polar surface area (TPSA) is 32.3 Å². The number of nitrogens with one attached hydrogen (secondary N) is 1. The average Bonchev–Trinajstić information content (AvgIpc) is 2.17. The molecular weight excluding hydrogens is 209 g/mol. The quantitative estimate of drug-likeness (QED) is 0.660. The highest BCUT2D eigenvalue weighted by molar-refractivity contribution is 5.82. The number of nitrogens with zero attached hydrogens (tertiary/aromatic N) is 1. The van der Waals surface area contributed by atoms with Crippen LogP contribution in [0.2, 0.25) is 0 Å². The Morgan fingerprint density at radius 2 is 2.07 bits per heavy atom. The molecule has 0 unspecified atom stereocenters. The number of fused-ring (bicyclic) bond motifs is 1. The average molecular weight is 222 g/mol. The van der Waals surface area contributed by atoms with Gasteiger partial charge in [-0.2, -0.15) is 13.2 Å². The number of piperidine rings is 1. The van der Waals surface area contributed by atoms with Gasteiger partial charge in [0.2, 0.25) is 5.91 Å². The number of amides is 1. The van der Waals surface area contributed by atoms with Crippen LogP contribution in [0.25, 0.3) is 0 Å². The summed E-state index contributed by atoms with van der Waals surface area (Å²) in [5.41, 5.74) is 0. The number of hydrogen-bond acceptors (Lipinski definition) is 2. The van der Waals surface area contributed by atoms with Crippen molar-refractivity contribution in [1.29, 1.82) is 0 Å². The molecule has 0 radical (unpaired) electrons. The number of halogens is 3. The van der Waals surface area contributed by atoms with Crippen LogP contribution in [0.5, 0.6) is 0 Å². The zero-order valence-electron chi connectivity index (χ0n) is 8.18. The van der Waals surface area contributed by atoms with E-state index in [2.05, 4.69) is 5.32 Å². The molecule has 0 saturated carbocycles. The molecule has 0 aliphatic carbocycles. The van der Waals surface area contributed by atoms with Crippen LogP contribution >= 0.6 is 0 Å². The SMILES string of the molecule is O=C1NC[C@@H](C(F)(F)F)N2CCCC[C@@H]12. The highest BCUT2D eigenvalue weighted by Crippen LogP contribution is 2.31. The molecule has 86 valence electrons. The van der Waals surface area contributed by atoms with Crippen LogP contribution in [0.15, 0.2) is 0 Å². The van der Waals surface area contributed by atoms with Gasteiger partial charge in [0.25, 0.3) is 0 Å². The summed E-state index contributed by atoms with van der Waals surface area (Å²) in [4.78, 5) is 12.7. The van der Waals surface area contributed by atoms with Crippen molar-refractivity contribution in [3.63, 3.8) is 0 Å². The van der Waals surface area contributed by atoms with Crippen LogP contribution in [0.4, 0.5) is 13.2 Å². The van der Waals surface area contributed by atoms with Gasteiger partial charge in [-0.3, -0.25) is 9.69 Å². The lowest BCUT2D eigenvalue weighted by Crippen LogP contribution is -2.65. The smallest absolute Gasteiger partial charge is 0.353 e. The fourth-order valence-corrected chi connectivity index (χ4v) is 2.34. The Balaban J connectivity index is 2.17. The van der Waals surface area contributed by atoms with Gasteiger partial charge >= 0.3 is 6.18 Å². The summed E-state index contributed by atoms with van der Waals surface area (Å²) in [6.45, 7) is 0.0705. The van der Waals surface area contributed by atoms with Crippen molar-refractivity contribution in [2.24, 2.45) is 0 Å². The van der Waals surface area contributed by atoms with Crippen LogP contribution in [-0.4, -0.2) is 42.2 Å². The normalized spacial score (nSPS) is 33.4. The number of piperazine rings is 1. The van der Waals surface area contributed by atoms with Crippen molar-refractivity contribution in [2.45, 2.75) is 37.5 Å². The molecule has 2 heterocycles. The van der Waals surface area contributed by atoms with Gasteiger partial charge in [0.05, 0.1) is 6.04 Å². The Morgan fingerprint density at radius 3 is 2.73 bits per heavy atom. The zero-order valence-corrected chi connectivity index (χ0v) is 8.18. The van der Waals surface area contributed by atoms with Crippen LogP contribution in [0.1, 0.15) is 19.3 Å². The van der Waals surface area contributed by atoms with E-state index in [9.17, 15) is 18.0 Å². The molecule has 1 amide bonds. The van der Waals surface area contributed by atoms with Crippen LogP contribution in [-0.2, 0) is 4.79 Å². The molecule has 2 rings (SSSR count). The summed E-state index contributed by atoms with van der Waals surface area (Å²) in [5, 5.41) is 2.34. The number of alkyl halides is 3. The van der Waals surface area contributed by atoms with E-state index in [1.807, 2.05) is 0 Å². The van der Waals surface area contributed by atoms with Gasteiger partial charge in [0.15, 0.2) is 0 Å². The van der Waals surface area contributed by atoms with Crippen molar-refractivity contribution in [2.75, 3.05) is 13.1 Å². The first-order valence-corrected chi connectivity index (χ1v) is 5.10. The van der Waals surface area contributed by atoms with Gasteiger partial charge in [-0.1, -0.05) is 6.42 Å². The summed E-state index contributed by atoms with van der Waals surface area (Å²) in [5.74, 6) is -0.254. The Hall–Kier alpha value is -0.780. The molecule has 2 aliphatic rings. The van der Waals surface area contributed by atoms with E-state index >= 15 is 0 Å². The van der Waals surface area contributed by atoms with E-state index in [1.165, 1.54) is 4.90 Å². The second-order valence-corrected chi connectivity index (χ2v) is 4.05. The van der Waals surface area contributed by atoms with Gasteiger partial charge in [-0.25, -0.2) is 0 Å². The Bertz CT molecular complexity index is 267. The molecule has 2 saturated heterocycles. The van der Waals surface area contributed by atoms with Crippen molar-refractivity contribution in [1.82, 2.24) is 10.2 Å². The Labute approximate surface area is 85.6 Å². The van der Waals surface area contributed by atoms with Gasteiger partial charge < -0.3 is 5.32 Å². The third kappa shape index (κ3) is 1.95. The lowest BCUT2D eigenvalue weighted by molar-refractivity contribution is -0.199. The molecule has 2 aliphatic heterocycles. The molecule has 1 N–H and O–H groups in total. The lowest BCUT2D eigenvalue weighted by Gasteiger charge is -2.44. The minimum atomic E-state index is -4.25. The summed E-state index contributed by atoms with van der Waals surface area (Å²) in [7, 11) is 0. The fourth-order valence-electron chi connectivity index (χ4n) is 2.34. The van der Waals surface area contributed by atoms with Crippen molar-refractivity contribution < 1.29 is 18.0 Å². The second kappa shape index (κ2) is 3.66. The van der Waals surface area contributed by atoms with Crippen molar-refractivity contribution >= 4 is 5.91 Å². The maximum atomic E-state index is 12.6. The molecular formula is C9H13F3N2O. The third-order valence-corrected chi connectivity index (χ3v) is 3.09. The van der Waals surface area contributed by atoms with E-state index in [1.54, 1.807) is 0 Å². The summed E-state index contributed by atoms with van der Waals surface area (Å²) in [6, 6.07) is -2.07. The summed E-state index contributed by atoms with van der Waals surface area (Å²) < 4.78 is 37.9. The number of carbonyl (C=O) groups is 1. The Kier molecular flexibility index (Phi) is 2.62. The first kappa shape index (κ1) is 10.7. The molecule has 0 bridgehead atoms. The highest BCUT2D eigenvalue weighted by atomic mass is 19.4. The molecule has 3 nitrogen and oxygen atoms in total. The van der Waals surface area contributed by atoms with Gasteiger partial charge in [-0.15, -0.1) is 0 Å². The van der Waals surface area contributed by atoms with Gasteiger partial charge in [0.1, 0.15) is 6.04 Å². The highest BCUT2D eigenvalue weighted by Gasteiger charge is 2.50. The molecule has 2 atom stereocenters. The molecule has 0 aromatic carbocycles. The summed E-state index contributed by atoms with van der Waals surface area (Å²) in [6.07, 6.45) is -2.13. The van der Waals surface area contributed by atoms with Crippen LogP contribution < -0.4 is 5.32 Å². The van der Waals surface area contributed by atoms with Crippen LogP contribution in [0, 0.1) is 0 Å². The maximum absolute atomic E-state index is 12.6. The Morgan fingerprint density at radius 1 is 1.33 bits per heavy atom. The van der Waals surface area contributed by atoms with Gasteiger partial charge in [0, 0.05) is 6.54 Å². The first-order chi connectivity index (χ1) is 7.00. The van der Waals surface area contributed by atoms with Crippen molar-refractivity contribution in [3.8, 4) is 0 Å². The number of rotatable bonds is 0. The van der Waals surface area contributed by atoms with Crippen molar-refractivity contribution in [3.05, 3.63) is 0 Å². The second-order valence-electron chi connectivity index (χ2n) is 4.05. The fraction of sp³-hybridized carbons (Fsp3) is 0.889. The van der Waals surface area contributed by atoms with E-state index in [4.69, 9.17) is 0 Å². The zero-order chi connectivity index (χ0) is 11.1. The van der Waals surface area contributed by atoms with Crippen LogP contribution in [0.3, 0.4) is 0 Å². The standard InChI is InChI=1S/C9H13F3N2O/c10-9(11,12)7-5-13-8(15)6-3-1-2-4-14(6)7/h6-7H,1-5H2,(H,13,15)/t6-,7-/m0/s1. The minimum Gasteiger partial charge on any atom is -0.353 e. The number of hydrogen-bond donors (Lipinski definition) is 1. The molecule has 6 heteroatoms. The predicted molar refractivity (Wildman–Crippen MR) is 47.2 cm³/mol. The maximum Gasteiger partial charge on any atom is 0.405 e. The molecule has 0 spiro atoms. The lowest BCUT2D eigenvalue weighted by atomic mass is 9.96. The largest absolute Gasteiger partial charge is 0.405 e. The minimum absolute atomic E-state index is 0.254. The third-order valence-electron chi connectivity index (χ3n) is 3.09. The summed E-state index contributed by atoms with van der Waals surface area (Å²) >= 11 is 0. The van der Waals surface area contributed by atoms with E-state index in [0.29, 0.717) is 13.0 Å². The molecule has 0 aromatic rings. The van der Waals surface area contributed by atoms with Gasteiger partial charge in [-0.05, 0) is 19.4 Å². The molecule has 15 heavy (non-hydrogen) atoms. The number of carbonyl (C=O) groups excluding carboxylic acids is 1. The monoisotopic (exact) mass is 222 g/mol. The van der Waals surface area contributed by atoms with E-state index in [-0.39, 0.29) is 12.5 Å². The molecule has 0 aromatic heterocycles. The van der Waals surface area contributed by atoms with E-state index in [0.717, 1.165) is 12.8 Å².